The molecule has 2 rings (SSSR count). The van der Waals surface area contributed by atoms with Crippen molar-refractivity contribution in [2.45, 2.75) is 39.4 Å². The van der Waals surface area contributed by atoms with Crippen LogP contribution in [0.15, 0.2) is 24.3 Å². The van der Waals surface area contributed by atoms with Gasteiger partial charge in [-0.2, -0.15) is 13.2 Å². The van der Waals surface area contributed by atoms with Crippen LogP contribution in [-0.4, -0.2) is 17.7 Å². The molecule has 0 saturated carbocycles. The van der Waals surface area contributed by atoms with E-state index in [-0.39, 0.29) is 35.9 Å². The summed E-state index contributed by atoms with van der Waals surface area (Å²) in [6.45, 7) is 4.98. The fourth-order valence-corrected chi connectivity index (χ4v) is 3.10. The SMILES string of the molecule is CCOC(=O)C[C@H](N)c1cc(-c2c(C)cc(C)cc2O)cc(C(F)(F)F)c1F.Cl. The molecule has 9 heteroatoms. The molecule has 4 nitrogen and oxygen atoms in total. The van der Waals surface area contributed by atoms with Gasteiger partial charge < -0.3 is 15.6 Å². The number of phenols is 1. The lowest BCUT2D eigenvalue weighted by Crippen LogP contribution is -2.20. The van der Waals surface area contributed by atoms with Crippen LogP contribution in [0.3, 0.4) is 0 Å². The molecule has 0 spiro atoms. The van der Waals surface area contributed by atoms with Crippen molar-refractivity contribution in [1.82, 2.24) is 0 Å². The smallest absolute Gasteiger partial charge is 0.419 e. The highest BCUT2D eigenvalue weighted by atomic mass is 35.5. The van der Waals surface area contributed by atoms with E-state index < -0.39 is 41.6 Å². The number of carbonyl (C=O) groups excluding carboxylic acids is 1. The lowest BCUT2D eigenvalue weighted by atomic mass is 9.91. The predicted octanol–water partition coefficient (Wildman–Crippen LogP) is 5.21. The zero-order valence-corrected chi connectivity index (χ0v) is 16.9. The molecule has 0 bridgehead atoms. The molecule has 0 radical (unpaired) electrons. The molecule has 0 aliphatic rings. The third-order valence-corrected chi connectivity index (χ3v) is 4.25. The quantitative estimate of drug-likeness (QED) is 0.499. The number of hydrogen-bond donors (Lipinski definition) is 2. The van der Waals surface area contributed by atoms with Gasteiger partial charge >= 0.3 is 12.1 Å². The van der Waals surface area contributed by atoms with Crippen LogP contribution < -0.4 is 5.73 Å². The minimum Gasteiger partial charge on any atom is -0.507 e. The van der Waals surface area contributed by atoms with Gasteiger partial charge in [0.1, 0.15) is 11.6 Å². The average Bonchev–Trinajstić information content (AvgIpc) is 2.54. The number of aryl methyl sites for hydroxylation is 2. The van der Waals surface area contributed by atoms with Gasteiger partial charge in [0, 0.05) is 17.2 Å². The second-order valence-corrected chi connectivity index (χ2v) is 6.52. The van der Waals surface area contributed by atoms with Crippen LogP contribution in [-0.2, 0) is 15.7 Å². The second kappa shape index (κ2) is 9.45. The molecule has 1 atom stereocenters. The molecule has 3 N–H and O–H groups in total. The molecule has 0 aliphatic carbocycles. The molecule has 0 fully saturated rings. The van der Waals surface area contributed by atoms with Gasteiger partial charge in [-0.25, -0.2) is 4.39 Å². The van der Waals surface area contributed by atoms with Crippen molar-refractivity contribution < 1.29 is 32.2 Å². The zero-order chi connectivity index (χ0) is 21.2. The molecule has 29 heavy (non-hydrogen) atoms. The number of ether oxygens (including phenoxy) is 1. The minimum absolute atomic E-state index is 0. The van der Waals surface area contributed by atoms with Gasteiger partial charge in [-0.15, -0.1) is 12.4 Å². The predicted molar refractivity (Wildman–Crippen MR) is 103 cm³/mol. The molecule has 0 amide bonds. The maximum absolute atomic E-state index is 14.6. The van der Waals surface area contributed by atoms with Crippen molar-refractivity contribution in [3.05, 3.63) is 52.3 Å². The Morgan fingerprint density at radius 1 is 1.21 bits per heavy atom. The van der Waals surface area contributed by atoms with E-state index in [9.17, 15) is 27.5 Å². The number of alkyl halides is 3. The molecule has 0 aromatic heterocycles. The van der Waals surface area contributed by atoms with E-state index in [0.717, 1.165) is 11.6 Å². The Hall–Kier alpha value is -2.32. The van der Waals surface area contributed by atoms with Gasteiger partial charge in [0.15, 0.2) is 0 Å². The highest BCUT2D eigenvalue weighted by molar-refractivity contribution is 5.85. The van der Waals surface area contributed by atoms with E-state index in [0.29, 0.717) is 11.6 Å². The Bertz CT molecular complexity index is 877. The number of nitrogens with two attached hydrogens (primary N) is 1. The maximum atomic E-state index is 14.6. The first-order valence-corrected chi connectivity index (χ1v) is 8.58. The summed E-state index contributed by atoms with van der Waals surface area (Å²) >= 11 is 0. The van der Waals surface area contributed by atoms with Gasteiger partial charge in [-0.05, 0) is 55.7 Å². The third kappa shape index (κ3) is 5.61. The van der Waals surface area contributed by atoms with Gasteiger partial charge in [-0.3, -0.25) is 4.79 Å². The summed E-state index contributed by atoms with van der Waals surface area (Å²) in [5.74, 6) is -2.53. The fourth-order valence-electron chi connectivity index (χ4n) is 3.10. The Morgan fingerprint density at radius 2 is 1.83 bits per heavy atom. The molecule has 0 heterocycles. The highest BCUT2D eigenvalue weighted by Gasteiger charge is 2.37. The first kappa shape index (κ1) is 24.7. The standard InChI is InChI=1S/C20H21F4NO3.ClH/c1-4-28-17(27)9-15(25)13-7-12(8-14(19(13)21)20(22,23)24)18-11(3)5-10(2)6-16(18)26;/h5-8,15,26H,4,9,25H2,1-3H3;1H/t15-;/m0./s1. The van der Waals surface area contributed by atoms with E-state index in [1.54, 1.807) is 26.8 Å². The Kier molecular flexibility index (Phi) is 8.06. The van der Waals surface area contributed by atoms with Crippen molar-refractivity contribution >= 4 is 18.4 Å². The number of esters is 1. The first-order valence-electron chi connectivity index (χ1n) is 8.58. The fraction of sp³-hybridized carbons (Fsp3) is 0.350. The van der Waals surface area contributed by atoms with Gasteiger partial charge in [0.05, 0.1) is 18.6 Å². The Morgan fingerprint density at radius 3 is 2.34 bits per heavy atom. The van der Waals surface area contributed by atoms with Crippen LogP contribution in [0, 0.1) is 19.7 Å². The minimum atomic E-state index is -4.98. The Labute approximate surface area is 172 Å². The summed E-state index contributed by atoms with van der Waals surface area (Å²) in [5, 5.41) is 10.3. The second-order valence-electron chi connectivity index (χ2n) is 6.52. The number of benzene rings is 2. The maximum Gasteiger partial charge on any atom is 0.419 e. The summed E-state index contributed by atoms with van der Waals surface area (Å²) in [7, 11) is 0. The average molecular weight is 436 g/mol. The van der Waals surface area contributed by atoms with Crippen molar-refractivity contribution in [2.75, 3.05) is 6.61 Å². The van der Waals surface area contributed by atoms with Gasteiger partial charge in [0.25, 0.3) is 0 Å². The number of phenolic OH excluding ortho intramolecular Hbond substituents is 1. The zero-order valence-electron chi connectivity index (χ0n) is 16.1. The number of aromatic hydroxyl groups is 1. The van der Waals surface area contributed by atoms with Crippen LogP contribution in [0.5, 0.6) is 5.75 Å². The first-order chi connectivity index (χ1) is 13.0. The summed E-state index contributed by atoms with van der Waals surface area (Å²) in [6, 6.07) is 3.51. The molecular weight excluding hydrogens is 414 g/mol. The van der Waals surface area contributed by atoms with Crippen LogP contribution >= 0.6 is 12.4 Å². The van der Waals surface area contributed by atoms with Crippen LogP contribution in [0.2, 0.25) is 0 Å². The van der Waals surface area contributed by atoms with Crippen molar-refractivity contribution in [3.8, 4) is 16.9 Å². The van der Waals surface area contributed by atoms with E-state index in [2.05, 4.69) is 0 Å². The Balaban J connectivity index is 0.00000420. The lowest BCUT2D eigenvalue weighted by molar-refractivity contribution is -0.143. The molecule has 0 unspecified atom stereocenters. The number of hydrogen-bond acceptors (Lipinski definition) is 4. The number of carbonyl (C=O) groups is 1. The topological polar surface area (TPSA) is 72.5 Å². The lowest BCUT2D eigenvalue weighted by Gasteiger charge is -2.19. The van der Waals surface area contributed by atoms with Crippen LogP contribution in [0.1, 0.15) is 41.6 Å². The molecule has 160 valence electrons. The molecule has 2 aromatic carbocycles. The van der Waals surface area contributed by atoms with Crippen molar-refractivity contribution in [1.29, 1.82) is 0 Å². The van der Waals surface area contributed by atoms with E-state index in [1.165, 1.54) is 6.07 Å². The van der Waals surface area contributed by atoms with Crippen LogP contribution in [0.4, 0.5) is 17.6 Å². The summed E-state index contributed by atoms with van der Waals surface area (Å²) in [4.78, 5) is 11.6. The molecule has 0 aliphatic heterocycles. The molecular formula is C20H22ClF4NO3. The van der Waals surface area contributed by atoms with Crippen molar-refractivity contribution in [3.63, 3.8) is 0 Å². The molecule has 2 aromatic rings. The number of halogens is 5. The summed E-state index contributed by atoms with van der Waals surface area (Å²) in [6.07, 6.45) is -5.46. The summed E-state index contributed by atoms with van der Waals surface area (Å²) < 4.78 is 59.5. The largest absolute Gasteiger partial charge is 0.507 e. The third-order valence-electron chi connectivity index (χ3n) is 4.25. The van der Waals surface area contributed by atoms with Crippen molar-refractivity contribution in [2.24, 2.45) is 5.73 Å². The number of rotatable bonds is 5. The van der Waals surface area contributed by atoms with Gasteiger partial charge in [-0.1, -0.05) is 6.07 Å². The highest BCUT2D eigenvalue weighted by Crippen LogP contribution is 2.41. The van der Waals surface area contributed by atoms with Crippen LogP contribution in [0.25, 0.3) is 11.1 Å². The normalized spacial score (nSPS) is 12.3. The monoisotopic (exact) mass is 435 g/mol. The van der Waals surface area contributed by atoms with Gasteiger partial charge in [0.2, 0.25) is 0 Å². The summed E-state index contributed by atoms with van der Waals surface area (Å²) in [5.41, 5.74) is 5.16. The van der Waals surface area contributed by atoms with E-state index in [4.69, 9.17) is 10.5 Å². The molecule has 0 saturated heterocycles. The van der Waals surface area contributed by atoms with E-state index in [1.807, 2.05) is 0 Å². The van der Waals surface area contributed by atoms with E-state index >= 15 is 0 Å².